The molecule has 4 aromatic rings. The summed E-state index contributed by atoms with van der Waals surface area (Å²) >= 11 is 6.47. The average molecular weight is 595 g/mol. The van der Waals surface area contributed by atoms with Gasteiger partial charge in [0, 0.05) is 52.5 Å². The van der Waals surface area contributed by atoms with Crippen molar-refractivity contribution in [2.24, 2.45) is 0 Å². The molecule has 0 radical (unpaired) electrons. The summed E-state index contributed by atoms with van der Waals surface area (Å²) in [6.45, 7) is 5.37. The second kappa shape index (κ2) is 14.5. The van der Waals surface area contributed by atoms with Crippen molar-refractivity contribution >= 4 is 34.8 Å². The zero-order valence-corrected chi connectivity index (χ0v) is 25.7. The van der Waals surface area contributed by atoms with Crippen molar-refractivity contribution in [1.29, 1.82) is 0 Å². The van der Waals surface area contributed by atoms with Crippen LogP contribution in [0.3, 0.4) is 0 Å². The number of unbranched alkanes of at least 4 members (excludes halogenated alkanes) is 2. The van der Waals surface area contributed by atoms with Crippen molar-refractivity contribution in [1.82, 2.24) is 10.3 Å². The number of benzene rings is 3. The minimum Gasteiger partial charge on any atom is -0.322 e. The molecule has 1 aromatic heterocycles. The summed E-state index contributed by atoms with van der Waals surface area (Å²) in [4.78, 5) is 32.8. The van der Waals surface area contributed by atoms with Crippen LogP contribution in [0.25, 0.3) is 0 Å². The number of carbonyl (C=O) groups excluding carboxylic acids is 2. The highest BCUT2D eigenvalue weighted by Gasteiger charge is 2.28. The van der Waals surface area contributed by atoms with Gasteiger partial charge in [-0.25, -0.2) is 0 Å². The SMILES string of the molecule is Cc1ccccc1C(=O)Nc1ccc(C(=O)N2CCCC(NCCCCCc3ccncc3)c3cc(Cl)ccc32)c(C)c1. The van der Waals surface area contributed by atoms with Gasteiger partial charge in [0.1, 0.15) is 0 Å². The topological polar surface area (TPSA) is 74.3 Å². The fourth-order valence-corrected chi connectivity index (χ4v) is 5.99. The van der Waals surface area contributed by atoms with Gasteiger partial charge >= 0.3 is 0 Å². The molecule has 1 unspecified atom stereocenters. The largest absolute Gasteiger partial charge is 0.322 e. The van der Waals surface area contributed by atoms with Gasteiger partial charge in [0.15, 0.2) is 0 Å². The van der Waals surface area contributed by atoms with Crippen LogP contribution in [0.15, 0.2) is 85.2 Å². The van der Waals surface area contributed by atoms with Gasteiger partial charge in [0.05, 0.1) is 0 Å². The van der Waals surface area contributed by atoms with Crippen LogP contribution in [0.5, 0.6) is 0 Å². The van der Waals surface area contributed by atoms with Gasteiger partial charge in [-0.3, -0.25) is 14.6 Å². The lowest BCUT2D eigenvalue weighted by Crippen LogP contribution is -2.32. The number of rotatable bonds is 10. The highest BCUT2D eigenvalue weighted by atomic mass is 35.5. The molecule has 0 bridgehead atoms. The molecule has 2 amide bonds. The number of hydrogen-bond donors (Lipinski definition) is 2. The summed E-state index contributed by atoms with van der Waals surface area (Å²) in [5.74, 6) is -0.211. The Morgan fingerprint density at radius 1 is 0.907 bits per heavy atom. The minimum atomic E-state index is -0.165. The van der Waals surface area contributed by atoms with E-state index in [1.807, 2.05) is 85.7 Å². The third-order valence-corrected chi connectivity index (χ3v) is 8.40. The zero-order valence-electron chi connectivity index (χ0n) is 24.9. The molecule has 1 atom stereocenters. The van der Waals surface area contributed by atoms with Crippen molar-refractivity contribution in [3.63, 3.8) is 0 Å². The lowest BCUT2D eigenvalue weighted by molar-refractivity contribution is 0.0985. The van der Waals surface area contributed by atoms with Crippen molar-refractivity contribution in [2.75, 3.05) is 23.3 Å². The average Bonchev–Trinajstić information content (AvgIpc) is 3.18. The normalized spacial score (nSPS) is 14.6. The van der Waals surface area contributed by atoms with Crippen molar-refractivity contribution in [2.45, 2.75) is 58.4 Å². The Kier molecular flexibility index (Phi) is 10.2. The van der Waals surface area contributed by atoms with E-state index in [2.05, 4.69) is 27.8 Å². The maximum Gasteiger partial charge on any atom is 0.258 e. The molecular formula is C36H39ClN4O2. The van der Waals surface area contributed by atoms with Crippen LogP contribution >= 0.6 is 11.6 Å². The Hall–Kier alpha value is -4.00. The summed E-state index contributed by atoms with van der Waals surface area (Å²) in [5, 5.41) is 7.39. The van der Waals surface area contributed by atoms with E-state index >= 15 is 0 Å². The summed E-state index contributed by atoms with van der Waals surface area (Å²) in [5.41, 5.74) is 6.94. The molecule has 1 aliphatic heterocycles. The number of aryl methyl sites for hydroxylation is 3. The summed E-state index contributed by atoms with van der Waals surface area (Å²) in [6, 6.07) is 23.1. The lowest BCUT2D eigenvalue weighted by atomic mass is 10.0. The standard InChI is InChI=1S/C36H39ClN4O2/c1-25-9-5-6-11-30(25)35(42)40-29-14-15-31(26(2)23-29)36(43)41-22-8-12-33(32-24-28(37)13-16-34(32)41)39-19-7-3-4-10-27-17-20-38-21-18-27/h5-6,9,11,13-18,20-21,23-24,33,39H,3-4,7-8,10,12,19,22H2,1-2H3,(H,40,42). The second-order valence-electron chi connectivity index (χ2n) is 11.3. The maximum absolute atomic E-state index is 14.0. The number of aromatic nitrogens is 1. The minimum absolute atomic E-state index is 0.0467. The van der Waals surface area contributed by atoms with Gasteiger partial charge < -0.3 is 15.5 Å². The number of hydrogen-bond acceptors (Lipinski definition) is 4. The highest BCUT2D eigenvalue weighted by molar-refractivity contribution is 6.30. The molecule has 6 nitrogen and oxygen atoms in total. The van der Waals surface area contributed by atoms with E-state index in [1.165, 1.54) is 5.56 Å². The van der Waals surface area contributed by atoms with Crippen LogP contribution in [0.1, 0.15) is 81.1 Å². The monoisotopic (exact) mass is 594 g/mol. The number of anilines is 2. The molecule has 0 fully saturated rings. The highest BCUT2D eigenvalue weighted by Crippen LogP contribution is 2.36. The zero-order chi connectivity index (χ0) is 30.2. The number of fused-ring (bicyclic) bond motifs is 1. The Bertz CT molecular complexity index is 1570. The molecule has 0 saturated heterocycles. The fourth-order valence-electron chi connectivity index (χ4n) is 5.81. The van der Waals surface area contributed by atoms with E-state index < -0.39 is 0 Å². The van der Waals surface area contributed by atoms with Gasteiger partial charge in [-0.1, -0.05) is 36.2 Å². The number of halogens is 1. The van der Waals surface area contributed by atoms with E-state index in [0.29, 0.717) is 28.4 Å². The number of amides is 2. The van der Waals surface area contributed by atoms with Gasteiger partial charge in [-0.2, -0.15) is 0 Å². The van der Waals surface area contributed by atoms with E-state index in [-0.39, 0.29) is 17.9 Å². The van der Waals surface area contributed by atoms with Gasteiger partial charge in [-0.05, 0) is 129 Å². The first-order chi connectivity index (χ1) is 20.9. The van der Waals surface area contributed by atoms with E-state index in [4.69, 9.17) is 11.6 Å². The summed E-state index contributed by atoms with van der Waals surface area (Å²) < 4.78 is 0. The number of carbonyl (C=O) groups is 2. The van der Waals surface area contributed by atoms with Gasteiger partial charge in [0.25, 0.3) is 11.8 Å². The molecular weight excluding hydrogens is 556 g/mol. The third kappa shape index (κ3) is 7.70. The predicted molar refractivity (Wildman–Crippen MR) is 175 cm³/mol. The van der Waals surface area contributed by atoms with Crippen LogP contribution in [-0.2, 0) is 6.42 Å². The molecule has 2 N–H and O–H groups in total. The van der Waals surface area contributed by atoms with E-state index in [9.17, 15) is 9.59 Å². The quantitative estimate of drug-likeness (QED) is 0.182. The van der Waals surface area contributed by atoms with Crippen molar-refractivity contribution in [3.8, 4) is 0 Å². The van der Waals surface area contributed by atoms with Crippen LogP contribution in [-0.4, -0.2) is 29.9 Å². The lowest BCUT2D eigenvalue weighted by Gasteiger charge is -2.25. The van der Waals surface area contributed by atoms with Gasteiger partial charge in [0.2, 0.25) is 0 Å². The summed E-state index contributed by atoms with van der Waals surface area (Å²) in [7, 11) is 0. The Morgan fingerprint density at radius 2 is 1.72 bits per heavy atom. The number of nitrogens with one attached hydrogen (secondary N) is 2. The fraction of sp³-hybridized carbons (Fsp3) is 0.306. The van der Waals surface area contributed by atoms with Crippen molar-refractivity contribution in [3.05, 3.63) is 124 Å². The summed E-state index contributed by atoms with van der Waals surface area (Å²) in [6.07, 6.45) is 9.96. The Balaban J connectivity index is 1.24. The second-order valence-corrected chi connectivity index (χ2v) is 11.7. The third-order valence-electron chi connectivity index (χ3n) is 8.16. The number of pyridine rings is 1. The number of nitrogens with zero attached hydrogens (tertiary/aromatic N) is 2. The Morgan fingerprint density at radius 3 is 2.51 bits per heavy atom. The van der Waals surface area contributed by atoms with Crippen LogP contribution in [0.4, 0.5) is 11.4 Å². The van der Waals surface area contributed by atoms with Crippen LogP contribution < -0.4 is 15.5 Å². The predicted octanol–water partition coefficient (Wildman–Crippen LogP) is 8.09. The van der Waals surface area contributed by atoms with Crippen LogP contribution in [0, 0.1) is 13.8 Å². The van der Waals surface area contributed by atoms with Gasteiger partial charge in [-0.15, -0.1) is 0 Å². The molecule has 1 aliphatic rings. The molecule has 7 heteroatoms. The molecule has 222 valence electrons. The first-order valence-corrected chi connectivity index (χ1v) is 15.5. The maximum atomic E-state index is 14.0. The molecule has 5 rings (SSSR count). The molecule has 0 saturated carbocycles. The smallest absolute Gasteiger partial charge is 0.258 e. The molecule has 2 heterocycles. The van der Waals surface area contributed by atoms with Crippen molar-refractivity contribution < 1.29 is 9.59 Å². The molecule has 0 spiro atoms. The molecule has 3 aromatic carbocycles. The molecule has 43 heavy (non-hydrogen) atoms. The first-order valence-electron chi connectivity index (χ1n) is 15.1. The van der Waals surface area contributed by atoms with Crippen LogP contribution in [0.2, 0.25) is 5.02 Å². The first kappa shape index (κ1) is 30.5. The van der Waals surface area contributed by atoms with E-state index in [1.54, 1.807) is 6.07 Å². The molecule has 0 aliphatic carbocycles. The Labute approximate surface area is 259 Å². The van der Waals surface area contributed by atoms with E-state index in [0.717, 1.165) is 67.4 Å².